The van der Waals surface area contributed by atoms with Gasteiger partial charge in [-0.2, -0.15) is 15.1 Å². The number of fused-ring (bicyclic) bond motifs is 1. The minimum atomic E-state index is 0.286. The zero-order valence-corrected chi connectivity index (χ0v) is 17.5. The third-order valence-corrected chi connectivity index (χ3v) is 5.21. The summed E-state index contributed by atoms with van der Waals surface area (Å²) in [4.78, 5) is 18.6. The lowest BCUT2D eigenvalue weighted by molar-refractivity contribution is 0.0317. The first-order chi connectivity index (χ1) is 15.8. The number of nitrogens with one attached hydrogen (secondary N) is 2. The highest BCUT2D eigenvalue weighted by molar-refractivity contribution is 5.99. The molecule has 4 aromatic rings. The van der Waals surface area contributed by atoms with Gasteiger partial charge in [-0.15, -0.1) is 0 Å². The molecule has 1 fully saturated rings. The fourth-order valence-electron chi connectivity index (χ4n) is 3.52. The quantitative estimate of drug-likeness (QED) is 0.325. The minimum absolute atomic E-state index is 0.286. The first-order valence-electron chi connectivity index (χ1n) is 10.5. The average molecular weight is 432 g/mol. The van der Waals surface area contributed by atoms with E-state index in [1.165, 1.54) is 0 Å². The summed E-state index contributed by atoms with van der Waals surface area (Å²) < 4.78 is 13.0. The Bertz CT molecular complexity index is 1180. The molecule has 2 N–H and O–H groups in total. The normalized spacial score (nSPS) is 14.9. The van der Waals surface area contributed by atoms with Crippen LogP contribution in [0.25, 0.3) is 16.7 Å². The second kappa shape index (κ2) is 9.58. The predicted molar refractivity (Wildman–Crippen MR) is 121 cm³/mol. The van der Waals surface area contributed by atoms with Gasteiger partial charge < -0.3 is 14.5 Å². The van der Waals surface area contributed by atoms with Crippen LogP contribution in [0.5, 0.6) is 6.01 Å². The van der Waals surface area contributed by atoms with E-state index in [0.29, 0.717) is 18.2 Å². The lowest BCUT2D eigenvalue weighted by Crippen LogP contribution is -2.38. The molecule has 3 aromatic heterocycles. The predicted octanol–water partition coefficient (Wildman–Crippen LogP) is 2.30. The summed E-state index contributed by atoms with van der Waals surface area (Å²) >= 11 is 0. The summed E-state index contributed by atoms with van der Waals surface area (Å²) in [7, 11) is 0. The molecule has 4 heterocycles. The molecule has 0 amide bonds. The van der Waals surface area contributed by atoms with Crippen molar-refractivity contribution in [1.29, 1.82) is 0 Å². The van der Waals surface area contributed by atoms with Crippen LogP contribution in [-0.4, -0.2) is 75.1 Å². The van der Waals surface area contributed by atoms with E-state index >= 15 is 0 Å². The number of hydrazone groups is 1. The SMILES string of the molecule is C(=N\Nc1cc(-n2ccnc2)nc(OCCN2CCOCC2)n1)/c1c[nH]c2ccccc12. The molecule has 10 nitrogen and oxygen atoms in total. The largest absolute Gasteiger partial charge is 0.462 e. The second-order valence-corrected chi connectivity index (χ2v) is 7.33. The highest BCUT2D eigenvalue weighted by Gasteiger charge is 2.12. The zero-order valence-electron chi connectivity index (χ0n) is 17.5. The number of imidazole rings is 1. The highest BCUT2D eigenvalue weighted by Crippen LogP contribution is 2.17. The van der Waals surface area contributed by atoms with Gasteiger partial charge in [0.05, 0.1) is 19.4 Å². The number of hydrogen-bond donors (Lipinski definition) is 2. The van der Waals surface area contributed by atoms with E-state index in [1.54, 1.807) is 29.4 Å². The van der Waals surface area contributed by atoms with Gasteiger partial charge in [-0.25, -0.2) is 4.98 Å². The number of anilines is 1. The molecule has 1 aliphatic rings. The number of H-pyrrole nitrogens is 1. The molecule has 0 spiro atoms. The van der Waals surface area contributed by atoms with Gasteiger partial charge in [0, 0.05) is 60.8 Å². The van der Waals surface area contributed by atoms with Crippen LogP contribution in [0.1, 0.15) is 5.56 Å². The fraction of sp³-hybridized carbons (Fsp3) is 0.273. The van der Waals surface area contributed by atoms with Crippen molar-refractivity contribution in [2.75, 3.05) is 44.9 Å². The number of para-hydroxylation sites is 1. The van der Waals surface area contributed by atoms with Gasteiger partial charge in [0.25, 0.3) is 0 Å². The zero-order chi connectivity index (χ0) is 21.6. The molecule has 0 atom stereocenters. The van der Waals surface area contributed by atoms with Gasteiger partial charge in [-0.05, 0) is 6.07 Å². The van der Waals surface area contributed by atoms with Crippen LogP contribution in [0.4, 0.5) is 5.82 Å². The summed E-state index contributed by atoms with van der Waals surface area (Å²) in [6, 6.07) is 10.2. The van der Waals surface area contributed by atoms with Crippen LogP contribution < -0.4 is 10.2 Å². The van der Waals surface area contributed by atoms with Crippen molar-refractivity contribution >= 4 is 22.9 Å². The van der Waals surface area contributed by atoms with Crippen molar-refractivity contribution in [3.8, 4) is 11.8 Å². The molecule has 0 radical (unpaired) electrons. The molecule has 0 bridgehead atoms. The van der Waals surface area contributed by atoms with Gasteiger partial charge in [0.1, 0.15) is 18.8 Å². The van der Waals surface area contributed by atoms with E-state index in [-0.39, 0.29) is 6.01 Å². The van der Waals surface area contributed by atoms with Crippen molar-refractivity contribution in [1.82, 2.24) is 29.4 Å². The number of benzene rings is 1. The topological polar surface area (TPSA) is 105 Å². The molecule has 164 valence electrons. The molecule has 0 aliphatic carbocycles. The lowest BCUT2D eigenvalue weighted by Gasteiger charge is -2.26. The van der Waals surface area contributed by atoms with Crippen molar-refractivity contribution < 1.29 is 9.47 Å². The molecule has 0 saturated carbocycles. The van der Waals surface area contributed by atoms with Crippen LogP contribution in [0.15, 0.2) is 60.4 Å². The summed E-state index contributed by atoms with van der Waals surface area (Å²) in [6.07, 6.45) is 8.88. The minimum Gasteiger partial charge on any atom is -0.462 e. The van der Waals surface area contributed by atoms with Crippen molar-refractivity contribution in [3.63, 3.8) is 0 Å². The monoisotopic (exact) mass is 432 g/mol. The number of hydrogen-bond acceptors (Lipinski definition) is 8. The number of ether oxygens (including phenoxy) is 2. The maximum absolute atomic E-state index is 5.86. The van der Waals surface area contributed by atoms with Gasteiger partial charge in [0.15, 0.2) is 5.82 Å². The number of morpholine rings is 1. The van der Waals surface area contributed by atoms with Gasteiger partial charge in [0.2, 0.25) is 0 Å². The summed E-state index contributed by atoms with van der Waals surface area (Å²) in [6.45, 7) is 4.63. The van der Waals surface area contributed by atoms with E-state index < -0.39 is 0 Å². The van der Waals surface area contributed by atoms with Gasteiger partial charge in [-0.3, -0.25) is 14.9 Å². The number of rotatable bonds is 8. The third kappa shape index (κ3) is 4.76. The summed E-state index contributed by atoms with van der Waals surface area (Å²) in [5.41, 5.74) is 5.04. The van der Waals surface area contributed by atoms with E-state index in [4.69, 9.17) is 9.47 Å². The molecular formula is C22H24N8O2. The molecule has 32 heavy (non-hydrogen) atoms. The maximum Gasteiger partial charge on any atom is 0.320 e. The van der Waals surface area contributed by atoms with E-state index in [0.717, 1.165) is 49.3 Å². The van der Waals surface area contributed by atoms with Gasteiger partial charge >= 0.3 is 6.01 Å². The van der Waals surface area contributed by atoms with Crippen molar-refractivity contribution in [2.24, 2.45) is 5.10 Å². The first kappa shape index (κ1) is 20.2. The number of aromatic nitrogens is 5. The summed E-state index contributed by atoms with van der Waals surface area (Å²) in [5, 5.41) is 5.47. The molecule has 0 unspecified atom stereocenters. The van der Waals surface area contributed by atoms with Crippen LogP contribution in [-0.2, 0) is 4.74 Å². The molecule has 1 aliphatic heterocycles. The van der Waals surface area contributed by atoms with Crippen LogP contribution >= 0.6 is 0 Å². The van der Waals surface area contributed by atoms with Crippen LogP contribution in [0.3, 0.4) is 0 Å². The Morgan fingerprint density at radius 2 is 2.12 bits per heavy atom. The van der Waals surface area contributed by atoms with E-state index in [2.05, 4.69) is 41.4 Å². The van der Waals surface area contributed by atoms with Crippen LogP contribution in [0, 0.1) is 0 Å². The Hall–Kier alpha value is -3.76. The molecular weight excluding hydrogens is 408 g/mol. The molecule has 5 rings (SSSR count). The van der Waals surface area contributed by atoms with E-state index in [1.807, 2.05) is 30.6 Å². The smallest absolute Gasteiger partial charge is 0.320 e. The Morgan fingerprint density at radius 1 is 1.22 bits per heavy atom. The van der Waals surface area contributed by atoms with Gasteiger partial charge in [-0.1, -0.05) is 18.2 Å². The maximum atomic E-state index is 5.86. The Labute approximate surface area is 184 Å². The standard InChI is InChI=1S/C22H24N8O2/c1-2-4-19-18(3-1)17(14-24-19)15-25-28-20-13-21(30-6-5-23-16-30)27-22(26-20)32-12-9-29-7-10-31-11-8-29/h1-6,13-16,24H,7-12H2,(H,26,27,28)/b25-15+. The van der Waals surface area contributed by atoms with Crippen molar-refractivity contribution in [2.45, 2.75) is 0 Å². The first-order valence-corrected chi connectivity index (χ1v) is 10.5. The van der Waals surface area contributed by atoms with Crippen molar-refractivity contribution in [3.05, 3.63) is 60.8 Å². The number of aromatic amines is 1. The Balaban J connectivity index is 1.30. The fourth-order valence-corrected chi connectivity index (χ4v) is 3.52. The molecule has 10 heteroatoms. The average Bonchev–Trinajstić information content (AvgIpc) is 3.51. The Morgan fingerprint density at radius 3 is 3.00 bits per heavy atom. The third-order valence-electron chi connectivity index (χ3n) is 5.21. The molecule has 1 saturated heterocycles. The lowest BCUT2D eigenvalue weighted by atomic mass is 10.2. The second-order valence-electron chi connectivity index (χ2n) is 7.33. The highest BCUT2D eigenvalue weighted by atomic mass is 16.5. The molecule has 1 aromatic carbocycles. The number of nitrogens with zero attached hydrogens (tertiary/aromatic N) is 6. The van der Waals surface area contributed by atoms with Crippen LogP contribution in [0.2, 0.25) is 0 Å². The Kier molecular flexibility index (Phi) is 6.04. The van der Waals surface area contributed by atoms with E-state index in [9.17, 15) is 0 Å². The summed E-state index contributed by atoms with van der Waals surface area (Å²) in [5.74, 6) is 1.17.